The second-order valence-corrected chi connectivity index (χ2v) is 10.3. The zero-order valence-electron chi connectivity index (χ0n) is 22.2. The van der Waals surface area contributed by atoms with Crippen LogP contribution < -0.4 is 16.0 Å². The van der Waals surface area contributed by atoms with Gasteiger partial charge in [-0.15, -0.1) is 0 Å². The number of likely N-dealkylation sites (N-methyl/N-ethyl adjacent to an activating group) is 1. The summed E-state index contributed by atoms with van der Waals surface area (Å²) < 4.78 is 4.88. The van der Waals surface area contributed by atoms with E-state index in [1.54, 1.807) is 40.0 Å². The molecule has 3 aliphatic rings. The maximum absolute atomic E-state index is 13.9. The summed E-state index contributed by atoms with van der Waals surface area (Å²) in [6.07, 6.45) is -0.763. The minimum Gasteiger partial charge on any atom is -0.510 e. The van der Waals surface area contributed by atoms with Crippen LogP contribution in [0, 0.1) is 11.8 Å². The molecular formula is C26H32N4O9. The number of aliphatic hydroxyl groups excluding tert-OH is 2. The van der Waals surface area contributed by atoms with Crippen molar-refractivity contribution in [3.05, 3.63) is 39.9 Å². The van der Waals surface area contributed by atoms with Crippen LogP contribution in [-0.2, 0) is 20.7 Å². The van der Waals surface area contributed by atoms with E-state index in [9.17, 15) is 39.6 Å². The lowest BCUT2D eigenvalue weighted by Crippen LogP contribution is -2.63. The maximum atomic E-state index is 13.9. The lowest BCUT2D eigenvalue weighted by molar-refractivity contribution is -0.148. The number of nitrogens with zero attached hydrogens (tertiary/aromatic N) is 2. The summed E-state index contributed by atoms with van der Waals surface area (Å²) in [4.78, 5) is 54.6. The Hall–Kier alpha value is -4.10. The number of amides is 2. The van der Waals surface area contributed by atoms with Crippen LogP contribution in [0.5, 0.6) is 5.75 Å². The van der Waals surface area contributed by atoms with Crippen molar-refractivity contribution in [2.45, 2.75) is 31.4 Å². The quantitative estimate of drug-likeness (QED) is 0.225. The molecule has 1 aromatic rings. The third-order valence-corrected chi connectivity index (χ3v) is 7.69. The summed E-state index contributed by atoms with van der Waals surface area (Å²) in [5.41, 5.74) is 2.07. The third-order valence-electron chi connectivity index (χ3n) is 7.69. The molecule has 0 unspecified atom stereocenters. The normalized spacial score (nSPS) is 26.2. The van der Waals surface area contributed by atoms with E-state index in [0.717, 1.165) is 0 Å². The first kappa shape index (κ1) is 27.9. The van der Waals surface area contributed by atoms with Crippen LogP contribution in [0.1, 0.15) is 29.3 Å². The van der Waals surface area contributed by atoms with Crippen LogP contribution in [-0.4, -0.2) is 95.3 Å². The standard InChI is InChI=1S/C26H32N4O9/c1-6-39-25(37)28-13-9-14(29(2)3)11-7-10-8-12-18(30(4)5)21(33)17(24(27)36)23(35)26(12,38)22(34)15(10)20(32)16(11)19(13)31/h9-10,12,18,31,33-34,38H,6-8H2,1-5H3,(H2,27,36)(H,28,37)/t10-,12-,18-,26-/m0/s1. The molecule has 4 atom stereocenters. The molecule has 0 radical (unpaired) electrons. The number of primary amides is 1. The van der Waals surface area contributed by atoms with E-state index in [1.165, 1.54) is 11.0 Å². The highest BCUT2D eigenvalue weighted by Crippen LogP contribution is 2.53. The van der Waals surface area contributed by atoms with E-state index in [2.05, 4.69) is 5.32 Å². The molecule has 0 aliphatic heterocycles. The molecule has 210 valence electrons. The van der Waals surface area contributed by atoms with Crippen molar-refractivity contribution in [2.24, 2.45) is 17.6 Å². The zero-order valence-corrected chi connectivity index (χ0v) is 22.2. The van der Waals surface area contributed by atoms with Gasteiger partial charge in [-0.25, -0.2) is 4.79 Å². The number of nitrogens with one attached hydrogen (secondary N) is 1. The Bertz CT molecular complexity index is 1360. The summed E-state index contributed by atoms with van der Waals surface area (Å²) in [6, 6.07) is 0.417. The summed E-state index contributed by atoms with van der Waals surface area (Å²) in [7, 11) is 6.55. The summed E-state index contributed by atoms with van der Waals surface area (Å²) in [5.74, 6) is -7.45. The first-order valence-electron chi connectivity index (χ1n) is 12.3. The van der Waals surface area contributed by atoms with E-state index in [4.69, 9.17) is 10.5 Å². The molecule has 0 fully saturated rings. The topological polar surface area (TPSA) is 203 Å². The summed E-state index contributed by atoms with van der Waals surface area (Å²) in [5, 5.41) is 47.4. The van der Waals surface area contributed by atoms with Crippen molar-refractivity contribution >= 4 is 34.9 Å². The third kappa shape index (κ3) is 4.00. The van der Waals surface area contributed by atoms with Gasteiger partial charge in [-0.2, -0.15) is 0 Å². The van der Waals surface area contributed by atoms with Gasteiger partial charge in [0.1, 0.15) is 17.1 Å². The molecule has 13 heteroatoms. The fourth-order valence-corrected chi connectivity index (χ4v) is 6.07. The van der Waals surface area contributed by atoms with Gasteiger partial charge >= 0.3 is 6.09 Å². The Labute approximate surface area is 224 Å². The van der Waals surface area contributed by atoms with Crippen LogP contribution in [0.25, 0.3) is 0 Å². The average molecular weight is 545 g/mol. The highest BCUT2D eigenvalue weighted by Gasteiger charge is 2.63. The molecule has 39 heavy (non-hydrogen) atoms. The van der Waals surface area contributed by atoms with Crippen LogP contribution in [0.15, 0.2) is 28.7 Å². The van der Waals surface area contributed by atoms with Crippen molar-refractivity contribution in [1.29, 1.82) is 0 Å². The number of aromatic hydroxyl groups is 1. The van der Waals surface area contributed by atoms with E-state index < -0.39 is 69.9 Å². The van der Waals surface area contributed by atoms with Gasteiger partial charge in [-0.05, 0) is 51.4 Å². The predicted octanol–water partition coefficient (Wildman–Crippen LogP) is 0.755. The predicted molar refractivity (Wildman–Crippen MR) is 139 cm³/mol. The number of rotatable bonds is 5. The number of nitrogens with two attached hydrogens (primary N) is 1. The number of phenols is 1. The highest BCUT2D eigenvalue weighted by atomic mass is 16.5. The average Bonchev–Trinajstić information content (AvgIpc) is 2.82. The molecule has 7 N–H and O–H groups in total. The number of phenolic OH excluding ortho intramolecular Hbond substituents is 1. The van der Waals surface area contributed by atoms with Crippen LogP contribution in [0.2, 0.25) is 0 Å². The first-order chi connectivity index (χ1) is 18.2. The number of aliphatic hydroxyl groups is 3. The Kier molecular flexibility index (Phi) is 6.86. The number of anilines is 2. The molecule has 13 nitrogen and oxygen atoms in total. The number of fused-ring (bicyclic) bond motifs is 3. The maximum Gasteiger partial charge on any atom is 0.411 e. The van der Waals surface area contributed by atoms with Crippen molar-refractivity contribution in [3.8, 4) is 5.75 Å². The second kappa shape index (κ2) is 9.58. The van der Waals surface area contributed by atoms with Gasteiger partial charge in [0.2, 0.25) is 5.78 Å². The molecule has 0 aromatic heterocycles. The highest BCUT2D eigenvalue weighted by molar-refractivity contribution is 6.25. The van der Waals surface area contributed by atoms with Gasteiger partial charge in [-0.1, -0.05) is 0 Å². The molecule has 1 aromatic carbocycles. The molecule has 2 amide bonds. The number of ether oxygens (including phenoxy) is 1. The number of hydrogen-bond donors (Lipinski definition) is 6. The molecule has 0 heterocycles. The minimum absolute atomic E-state index is 0.0256. The van der Waals surface area contributed by atoms with Crippen LogP contribution in [0.3, 0.4) is 0 Å². The molecule has 0 spiro atoms. The summed E-state index contributed by atoms with van der Waals surface area (Å²) >= 11 is 0. The number of hydrogen-bond acceptors (Lipinski definition) is 11. The smallest absolute Gasteiger partial charge is 0.411 e. The number of carbonyl (C=O) groups is 4. The second-order valence-electron chi connectivity index (χ2n) is 10.3. The lowest BCUT2D eigenvalue weighted by atomic mass is 9.58. The molecule has 4 rings (SSSR count). The van der Waals surface area contributed by atoms with Crippen molar-refractivity contribution < 1.29 is 44.3 Å². The van der Waals surface area contributed by atoms with Crippen LogP contribution >= 0.6 is 0 Å². The van der Waals surface area contributed by atoms with Gasteiger partial charge in [0, 0.05) is 31.3 Å². The van der Waals surface area contributed by atoms with Gasteiger partial charge in [0.15, 0.2) is 17.1 Å². The van der Waals surface area contributed by atoms with E-state index in [0.29, 0.717) is 11.3 Å². The SMILES string of the molecule is CCOC(=O)Nc1cc(N(C)C)c2c(c1O)C(=O)C1=C(O)[C@]3(O)C(=O)C(C(N)=O)=C(O)[C@@H](N(C)C)[C@@H]3C[C@@H]1C2. The number of carbonyl (C=O) groups excluding carboxylic acids is 4. The van der Waals surface area contributed by atoms with Gasteiger partial charge in [0.25, 0.3) is 5.91 Å². The summed E-state index contributed by atoms with van der Waals surface area (Å²) in [6.45, 7) is 1.67. The Balaban J connectivity index is 1.95. The fourth-order valence-electron chi connectivity index (χ4n) is 6.07. The number of Topliss-reactive ketones (excluding diaryl/α,β-unsaturated/α-hetero) is 2. The minimum atomic E-state index is -2.73. The van der Waals surface area contributed by atoms with Crippen molar-refractivity contribution in [2.75, 3.05) is 45.0 Å². The molecule has 0 bridgehead atoms. The number of ketones is 2. The zero-order chi connectivity index (χ0) is 29.1. The Morgan fingerprint density at radius 3 is 2.36 bits per heavy atom. The number of benzene rings is 1. The van der Waals surface area contributed by atoms with Crippen LogP contribution in [0.4, 0.5) is 16.2 Å². The van der Waals surface area contributed by atoms with Crippen molar-refractivity contribution in [3.63, 3.8) is 0 Å². The van der Waals surface area contributed by atoms with E-state index in [-0.39, 0.29) is 36.3 Å². The monoisotopic (exact) mass is 544 g/mol. The van der Waals surface area contributed by atoms with E-state index >= 15 is 0 Å². The van der Waals surface area contributed by atoms with E-state index in [1.807, 2.05) is 0 Å². The molecular weight excluding hydrogens is 512 g/mol. The Morgan fingerprint density at radius 2 is 1.82 bits per heavy atom. The fraction of sp³-hybridized carbons (Fsp3) is 0.462. The first-order valence-corrected chi connectivity index (χ1v) is 12.3. The van der Waals surface area contributed by atoms with Gasteiger partial charge < -0.3 is 35.8 Å². The molecule has 0 saturated heterocycles. The van der Waals surface area contributed by atoms with Gasteiger partial charge in [-0.3, -0.25) is 24.6 Å². The molecule has 0 saturated carbocycles. The lowest BCUT2D eigenvalue weighted by Gasteiger charge is -2.50. The Morgan fingerprint density at radius 1 is 1.18 bits per heavy atom. The van der Waals surface area contributed by atoms with Crippen molar-refractivity contribution in [1.82, 2.24) is 4.90 Å². The molecule has 3 aliphatic carbocycles. The number of allylic oxidation sites excluding steroid dienone is 1. The van der Waals surface area contributed by atoms with Gasteiger partial charge in [0.05, 0.1) is 23.9 Å². The largest absolute Gasteiger partial charge is 0.510 e.